The van der Waals surface area contributed by atoms with Crippen LogP contribution < -0.4 is 4.74 Å². The van der Waals surface area contributed by atoms with Crippen molar-refractivity contribution in [1.29, 1.82) is 0 Å². The number of aryl methyl sites for hydroxylation is 1. The topological polar surface area (TPSA) is 42.4 Å². The summed E-state index contributed by atoms with van der Waals surface area (Å²) in [6.45, 7) is 6.00. The maximum absolute atomic E-state index is 10.9. The van der Waals surface area contributed by atoms with Crippen LogP contribution in [0, 0.1) is 19.8 Å². The summed E-state index contributed by atoms with van der Waals surface area (Å²) < 4.78 is 5.45. The molecule has 3 nitrogen and oxygen atoms in total. The van der Waals surface area contributed by atoms with Crippen LogP contribution in [-0.2, 0) is 6.42 Å². The van der Waals surface area contributed by atoms with E-state index in [-0.39, 0.29) is 0 Å². The van der Waals surface area contributed by atoms with Crippen LogP contribution >= 0.6 is 0 Å². The van der Waals surface area contributed by atoms with E-state index in [1.54, 1.807) is 7.11 Å². The molecule has 3 heteroatoms. The van der Waals surface area contributed by atoms with E-state index in [1.165, 1.54) is 19.3 Å². The van der Waals surface area contributed by atoms with E-state index in [4.69, 9.17) is 4.74 Å². The van der Waals surface area contributed by atoms with E-state index in [0.29, 0.717) is 12.3 Å². The summed E-state index contributed by atoms with van der Waals surface area (Å²) in [5.41, 5.74) is 2.40. The van der Waals surface area contributed by atoms with E-state index in [9.17, 15) is 5.11 Å². The second kappa shape index (κ2) is 6.13. The number of hydrogen-bond acceptors (Lipinski definition) is 3. The van der Waals surface area contributed by atoms with Crippen molar-refractivity contribution in [2.75, 3.05) is 7.11 Å². The summed E-state index contributed by atoms with van der Waals surface area (Å²) in [4.78, 5) is 4.53. The highest BCUT2D eigenvalue weighted by Crippen LogP contribution is 2.36. The van der Waals surface area contributed by atoms with Crippen LogP contribution in [0.5, 0.6) is 5.75 Å². The van der Waals surface area contributed by atoms with E-state index >= 15 is 0 Å². The maximum Gasteiger partial charge on any atom is 0.128 e. The van der Waals surface area contributed by atoms with Crippen molar-refractivity contribution < 1.29 is 9.84 Å². The Balaban J connectivity index is 2.20. The van der Waals surface area contributed by atoms with Gasteiger partial charge in [-0.05, 0) is 39.5 Å². The third kappa shape index (κ3) is 3.14. The van der Waals surface area contributed by atoms with Gasteiger partial charge in [0.1, 0.15) is 5.75 Å². The van der Waals surface area contributed by atoms with Crippen LogP contribution in [0.2, 0.25) is 0 Å². The number of rotatable bonds is 4. The molecule has 0 bridgehead atoms. The second-order valence-electron chi connectivity index (χ2n) is 6.42. The lowest BCUT2D eigenvalue weighted by molar-refractivity contribution is -0.0168. The Kier molecular flexibility index (Phi) is 4.69. The van der Waals surface area contributed by atoms with Crippen molar-refractivity contribution in [2.24, 2.45) is 5.92 Å². The molecule has 1 aliphatic carbocycles. The van der Waals surface area contributed by atoms with E-state index in [0.717, 1.165) is 35.4 Å². The Morgan fingerprint density at radius 3 is 2.55 bits per heavy atom. The molecule has 1 fully saturated rings. The van der Waals surface area contributed by atoms with Gasteiger partial charge < -0.3 is 9.84 Å². The fourth-order valence-corrected chi connectivity index (χ4v) is 3.46. The van der Waals surface area contributed by atoms with Crippen LogP contribution in [0.3, 0.4) is 0 Å². The summed E-state index contributed by atoms with van der Waals surface area (Å²) >= 11 is 0. The number of aromatic nitrogens is 1. The normalized spacial score (nSPS) is 19.6. The lowest BCUT2D eigenvalue weighted by Gasteiger charge is -2.36. The lowest BCUT2D eigenvalue weighted by Crippen LogP contribution is -2.38. The van der Waals surface area contributed by atoms with Gasteiger partial charge in [0.05, 0.1) is 12.7 Å². The van der Waals surface area contributed by atoms with Crippen molar-refractivity contribution in [1.82, 2.24) is 4.98 Å². The van der Waals surface area contributed by atoms with Crippen molar-refractivity contribution >= 4 is 0 Å². The van der Waals surface area contributed by atoms with E-state index < -0.39 is 5.60 Å². The molecule has 112 valence electrons. The average molecular weight is 277 g/mol. The molecule has 1 aromatic rings. The first-order chi connectivity index (χ1) is 9.45. The van der Waals surface area contributed by atoms with Crippen LogP contribution in [-0.4, -0.2) is 22.8 Å². The summed E-state index contributed by atoms with van der Waals surface area (Å²) in [6.07, 6.45) is 8.51. The molecule has 0 amide bonds. The monoisotopic (exact) mass is 277 g/mol. The summed E-state index contributed by atoms with van der Waals surface area (Å²) in [7, 11) is 1.69. The van der Waals surface area contributed by atoms with Crippen molar-refractivity contribution in [3.05, 3.63) is 23.0 Å². The third-order valence-electron chi connectivity index (χ3n) is 4.76. The molecule has 1 aliphatic rings. The molecule has 0 spiro atoms. The maximum atomic E-state index is 10.9. The fraction of sp³-hybridized carbons (Fsp3) is 0.706. The highest BCUT2D eigenvalue weighted by molar-refractivity contribution is 5.41. The summed E-state index contributed by atoms with van der Waals surface area (Å²) in [5, 5.41) is 10.9. The van der Waals surface area contributed by atoms with Gasteiger partial charge >= 0.3 is 0 Å². The molecule has 20 heavy (non-hydrogen) atoms. The standard InChI is InChI=1S/C17H27NO2/c1-12-11-18-15(13(2)16(12)20-4)10-17(3,19)14-8-6-5-7-9-14/h11,14,19H,5-10H2,1-4H3. The molecule has 0 saturated heterocycles. The van der Waals surface area contributed by atoms with Gasteiger partial charge in [0.25, 0.3) is 0 Å². The lowest BCUT2D eigenvalue weighted by atomic mass is 9.75. The molecular weight excluding hydrogens is 250 g/mol. The number of nitrogens with zero attached hydrogens (tertiary/aromatic N) is 1. The molecule has 1 N–H and O–H groups in total. The quantitative estimate of drug-likeness (QED) is 0.914. The van der Waals surface area contributed by atoms with Gasteiger partial charge in [0, 0.05) is 29.4 Å². The highest BCUT2D eigenvalue weighted by atomic mass is 16.5. The van der Waals surface area contributed by atoms with Crippen LogP contribution in [0.4, 0.5) is 0 Å². The van der Waals surface area contributed by atoms with Crippen molar-refractivity contribution in [2.45, 2.75) is 64.9 Å². The van der Waals surface area contributed by atoms with E-state index in [1.807, 2.05) is 27.0 Å². The summed E-state index contributed by atoms with van der Waals surface area (Å²) in [6, 6.07) is 0. The Morgan fingerprint density at radius 2 is 1.95 bits per heavy atom. The fourth-order valence-electron chi connectivity index (χ4n) is 3.46. The third-order valence-corrected chi connectivity index (χ3v) is 4.76. The first kappa shape index (κ1) is 15.3. The zero-order chi connectivity index (χ0) is 14.8. The number of aliphatic hydroxyl groups is 1. The Morgan fingerprint density at radius 1 is 1.30 bits per heavy atom. The molecule has 1 saturated carbocycles. The van der Waals surface area contributed by atoms with Crippen LogP contribution in [0.15, 0.2) is 6.20 Å². The van der Waals surface area contributed by atoms with E-state index in [2.05, 4.69) is 4.98 Å². The minimum Gasteiger partial charge on any atom is -0.496 e. The molecular formula is C17H27NO2. The molecule has 1 unspecified atom stereocenters. The molecule has 1 atom stereocenters. The predicted octanol–water partition coefficient (Wildman–Crippen LogP) is 3.58. The van der Waals surface area contributed by atoms with Gasteiger partial charge in [-0.3, -0.25) is 4.98 Å². The van der Waals surface area contributed by atoms with Gasteiger partial charge in [-0.2, -0.15) is 0 Å². The first-order valence-electron chi connectivity index (χ1n) is 7.67. The van der Waals surface area contributed by atoms with Gasteiger partial charge in [-0.25, -0.2) is 0 Å². The Bertz CT molecular complexity index is 462. The summed E-state index contributed by atoms with van der Waals surface area (Å²) in [5.74, 6) is 1.29. The minimum atomic E-state index is -0.668. The van der Waals surface area contributed by atoms with Crippen LogP contribution in [0.1, 0.15) is 55.8 Å². The number of pyridine rings is 1. The Labute approximate surface area is 122 Å². The van der Waals surface area contributed by atoms with Gasteiger partial charge in [0.15, 0.2) is 0 Å². The highest BCUT2D eigenvalue weighted by Gasteiger charge is 2.34. The molecule has 0 aliphatic heterocycles. The zero-order valence-electron chi connectivity index (χ0n) is 13.2. The average Bonchev–Trinajstić information content (AvgIpc) is 2.44. The van der Waals surface area contributed by atoms with Crippen LogP contribution in [0.25, 0.3) is 0 Å². The van der Waals surface area contributed by atoms with Gasteiger partial charge in [-0.1, -0.05) is 19.3 Å². The second-order valence-corrected chi connectivity index (χ2v) is 6.42. The first-order valence-corrected chi connectivity index (χ1v) is 7.67. The minimum absolute atomic E-state index is 0.393. The largest absolute Gasteiger partial charge is 0.496 e. The van der Waals surface area contributed by atoms with Crippen molar-refractivity contribution in [3.8, 4) is 5.75 Å². The van der Waals surface area contributed by atoms with Crippen molar-refractivity contribution in [3.63, 3.8) is 0 Å². The SMILES string of the molecule is COc1c(C)cnc(CC(C)(O)C2CCCCC2)c1C. The predicted molar refractivity (Wildman–Crippen MR) is 81.2 cm³/mol. The number of ether oxygens (including phenoxy) is 1. The molecule has 1 heterocycles. The molecule has 2 rings (SSSR count). The Hall–Kier alpha value is -1.09. The zero-order valence-corrected chi connectivity index (χ0v) is 13.2. The van der Waals surface area contributed by atoms with Gasteiger partial charge in [0.2, 0.25) is 0 Å². The number of hydrogen-bond donors (Lipinski definition) is 1. The smallest absolute Gasteiger partial charge is 0.128 e. The molecule has 0 radical (unpaired) electrons. The van der Waals surface area contributed by atoms with Gasteiger partial charge in [-0.15, -0.1) is 0 Å². The number of methoxy groups -OCH3 is 1. The molecule has 1 aromatic heterocycles. The molecule has 0 aromatic carbocycles.